The summed E-state index contributed by atoms with van der Waals surface area (Å²) in [5.74, 6) is 1.37. The van der Waals surface area contributed by atoms with E-state index in [0.29, 0.717) is 17.5 Å². The molecule has 0 aliphatic carbocycles. The molecule has 1 rings (SSSR count). The highest BCUT2D eigenvalue weighted by molar-refractivity contribution is 6.30. The number of carbonyl (C=O) groups is 1. The van der Waals surface area contributed by atoms with Gasteiger partial charge in [-0.15, -0.1) is 0 Å². The van der Waals surface area contributed by atoms with Crippen LogP contribution in [-0.2, 0) is 4.79 Å². The maximum atomic E-state index is 11.8. The first-order valence-electron chi connectivity index (χ1n) is 5.82. The summed E-state index contributed by atoms with van der Waals surface area (Å²) in [5, 5.41) is 0.438. The molecule has 1 heterocycles. The van der Waals surface area contributed by atoms with Crippen LogP contribution in [0.4, 0.5) is 5.82 Å². The van der Waals surface area contributed by atoms with Gasteiger partial charge in [-0.05, 0) is 20.8 Å². The summed E-state index contributed by atoms with van der Waals surface area (Å²) in [6.45, 7) is 6.61. The summed E-state index contributed by atoms with van der Waals surface area (Å²) in [7, 11) is 3.47. The summed E-state index contributed by atoms with van der Waals surface area (Å²) in [5.41, 5.74) is 0.802. The molecule has 6 heteroatoms. The molecule has 0 aliphatic rings. The van der Waals surface area contributed by atoms with E-state index < -0.39 is 0 Å². The third-order valence-electron chi connectivity index (χ3n) is 2.68. The lowest BCUT2D eigenvalue weighted by atomic mass is 10.3. The Bertz CT molecular complexity index is 448. The number of anilines is 1. The summed E-state index contributed by atoms with van der Waals surface area (Å²) in [6, 6.07) is 0. The molecule has 1 aromatic heterocycles. The summed E-state index contributed by atoms with van der Waals surface area (Å²) < 4.78 is 0. The van der Waals surface area contributed by atoms with Crippen LogP contribution in [0.25, 0.3) is 0 Å². The van der Waals surface area contributed by atoms with Crippen molar-refractivity contribution in [2.45, 2.75) is 20.8 Å². The van der Waals surface area contributed by atoms with Gasteiger partial charge in [0.25, 0.3) is 0 Å². The molecular weight excluding hydrogens is 252 g/mol. The van der Waals surface area contributed by atoms with E-state index in [1.807, 2.05) is 18.7 Å². The molecule has 0 aliphatic heterocycles. The lowest BCUT2D eigenvalue weighted by molar-refractivity contribution is -0.127. The standard InChI is InChI=1S/C12H19ClN4O/c1-6-17(7-10(18)16(4)5)12-8(2)11(13)14-9(3)15-12/h6-7H2,1-5H3. The Kier molecular flexibility index (Phi) is 4.90. The summed E-state index contributed by atoms with van der Waals surface area (Å²) in [6.07, 6.45) is 0. The van der Waals surface area contributed by atoms with Crippen molar-refractivity contribution in [2.75, 3.05) is 32.1 Å². The van der Waals surface area contributed by atoms with Gasteiger partial charge in [-0.2, -0.15) is 0 Å². The second-order valence-corrected chi connectivity index (χ2v) is 4.67. The quantitative estimate of drug-likeness (QED) is 0.781. The maximum Gasteiger partial charge on any atom is 0.241 e. The highest BCUT2D eigenvalue weighted by Gasteiger charge is 2.17. The fourth-order valence-electron chi connectivity index (χ4n) is 1.53. The molecule has 0 N–H and O–H groups in total. The predicted octanol–water partition coefficient (Wildman–Crippen LogP) is 1.66. The van der Waals surface area contributed by atoms with Crippen molar-refractivity contribution in [2.24, 2.45) is 0 Å². The number of aryl methyl sites for hydroxylation is 1. The Morgan fingerprint density at radius 3 is 2.39 bits per heavy atom. The smallest absolute Gasteiger partial charge is 0.241 e. The lowest BCUT2D eigenvalue weighted by Crippen LogP contribution is -2.37. The van der Waals surface area contributed by atoms with Crippen LogP contribution in [0.15, 0.2) is 0 Å². The van der Waals surface area contributed by atoms with Gasteiger partial charge in [0, 0.05) is 26.2 Å². The van der Waals surface area contributed by atoms with Gasteiger partial charge in [-0.1, -0.05) is 11.6 Å². The van der Waals surface area contributed by atoms with Crippen molar-refractivity contribution in [3.05, 3.63) is 16.5 Å². The highest BCUT2D eigenvalue weighted by Crippen LogP contribution is 2.23. The average Bonchev–Trinajstić information content (AvgIpc) is 2.30. The first-order valence-corrected chi connectivity index (χ1v) is 6.20. The van der Waals surface area contributed by atoms with Crippen molar-refractivity contribution in [3.63, 3.8) is 0 Å². The van der Waals surface area contributed by atoms with E-state index in [4.69, 9.17) is 11.6 Å². The van der Waals surface area contributed by atoms with Crippen LogP contribution >= 0.6 is 11.6 Å². The molecule has 0 saturated heterocycles. The molecule has 1 amide bonds. The zero-order chi connectivity index (χ0) is 13.9. The number of hydrogen-bond acceptors (Lipinski definition) is 4. The molecule has 0 aromatic carbocycles. The zero-order valence-corrected chi connectivity index (χ0v) is 12.2. The molecule has 0 spiro atoms. The first-order chi connectivity index (χ1) is 8.36. The number of nitrogens with zero attached hydrogens (tertiary/aromatic N) is 4. The topological polar surface area (TPSA) is 49.3 Å². The fourth-order valence-corrected chi connectivity index (χ4v) is 1.74. The van der Waals surface area contributed by atoms with Crippen molar-refractivity contribution in [1.82, 2.24) is 14.9 Å². The van der Waals surface area contributed by atoms with E-state index in [1.54, 1.807) is 25.9 Å². The molecular formula is C12H19ClN4O. The average molecular weight is 271 g/mol. The Balaban J connectivity index is 3.05. The number of rotatable bonds is 4. The molecule has 1 aromatic rings. The molecule has 0 unspecified atom stereocenters. The molecule has 0 atom stereocenters. The van der Waals surface area contributed by atoms with Gasteiger partial charge in [0.05, 0.1) is 6.54 Å². The van der Waals surface area contributed by atoms with Gasteiger partial charge >= 0.3 is 0 Å². The first kappa shape index (κ1) is 14.7. The van der Waals surface area contributed by atoms with Gasteiger partial charge in [-0.25, -0.2) is 9.97 Å². The van der Waals surface area contributed by atoms with E-state index >= 15 is 0 Å². The van der Waals surface area contributed by atoms with Gasteiger partial charge < -0.3 is 9.80 Å². The minimum Gasteiger partial charge on any atom is -0.347 e. The normalized spacial score (nSPS) is 10.3. The maximum absolute atomic E-state index is 11.8. The summed E-state index contributed by atoms with van der Waals surface area (Å²) in [4.78, 5) is 23.7. The minimum atomic E-state index is 0.0311. The van der Waals surface area contributed by atoms with Crippen molar-refractivity contribution in [3.8, 4) is 0 Å². The van der Waals surface area contributed by atoms with Crippen LogP contribution in [0.2, 0.25) is 5.15 Å². The lowest BCUT2D eigenvalue weighted by Gasteiger charge is -2.25. The van der Waals surface area contributed by atoms with Crippen molar-refractivity contribution < 1.29 is 4.79 Å². The number of hydrogen-bond donors (Lipinski definition) is 0. The molecule has 0 fully saturated rings. The van der Waals surface area contributed by atoms with Gasteiger partial charge in [0.2, 0.25) is 5.91 Å². The monoisotopic (exact) mass is 270 g/mol. The van der Waals surface area contributed by atoms with Crippen LogP contribution in [0.3, 0.4) is 0 Å². The zero-order valence-electron chi connectivity index (χ0n) is 11.5. The van der Waals surface area contributed by atoms with Crippen LogP contribution in [0.5, 0.6) is 0 Å². The number of halogens is 1. The van der Waals surface area contributed by atoms with E-state index in [1.165, 1.54) is 0 Å². The summed E-state index contributed by atoms with van der Waals surface area (Å²) >= 11 is 6.05. The molecule has 18 heavy (non-hydrogen) atoms. The third kappa shape index (κ3) is 3.32. The van der Waals surface area contributed by atoms with Crippen LogP contribution in [0.1, 0.15) is 18.3 Å². The van der Waals surface area contributed by atoms with Crippen LogP contribution < -0.4 is 4.90 Å². The molecule has 0 bridgehead atoms. The number of likely N-dealkylation sites (N-methyl/N-ethyl adjacent to an activating group) is 2. The number of amides is 1. The van der Waals surface area contributed by atoms with Crippen molar-refractivity contribution in [1.29, 1.82) is 0 Å². The van der Waals surface area contributed by atoms with Crippen LogP contribution in [0, 0.1) is 13.8 Å². The van der Waals surface area contributed by atoms with Gasteiger partial charge in [-0.3, -0.25) is 4.79 Å². The second-order valence-electron chi connectivity index (χ2n) is 4.31. The number of aromatic nitrogens is 2. The second kappa shape index (κ2) is 6.00. The third-order valence-corrected chi connectivity index (χ3v) is 3.05. The Hall–Kier alpha value is -1.36. The van der Waals surface area contributed by atoms with E-state index in [0.717, 1.165) is 11.4 Å². The van der Waals surface area contributed by atoms with E-state index in [2.05, 4.69) is 9.97 Å². The minimum absolute atomic E-state index is 0.0311. The molecule has 0 radical (unpaired) electrons. The SMILES string of the molecule is CCN(CC(=O)N(C)C)c1nc(C)nc(Cl)c1C. The largest absolute Gasteiger partial charge is 0.347 e. The van der Waals surface area contributed by atoms with Crippen molar-refractivity contribution >= 4 is 23.3 Å². The Morgan fingerprint density at radius 2 is 1.89 bits per heavy atom. The predicted molar refractivity (Wildman–Crippen MR) is 73.1 cm³/mol. The number of carbonyl (C=O) groups excluding carboxylic acids is 1. The fraction of sp³-hybridized carbons (Fsp3) is 0.583. The van der Waals surface area contributed by atoms with Gasteiger partial charge in [0.15, 0.2) is 0 Å². The Morgan fingerprint density at radius 1 is 1.28 bits per heavy atom. The van der Waals surface area contributed by atoms with E-state index in [-0.39, 0.29) is 12.5 Å². The van der Waals surface area contributed by atoms with E-state index in [9.17, 15) is 4.79 Å². The highest BCUT2D eigenvalue weighted by atomic mass is 35.5. The van der Waals surface area contributed by atoms with Gasteiger partial charge in [0.1, 0.15) is 16.8 Å². The van der Waals surface area contributed by atoms with Crippen LogP contribution in [-0.4, -0.2) is 48.0 Å². The molecule has 0 saturated carbocycles. The Labute approximate surface area is 113 Å². The molecule has 5 nitrogen and oxygen atoms in total. The molecule has 100 valence electrons.